The smallest absolute Gasteiger partial charge is 0.312 e. The lowest BCUT2D eigenvalue weighted by atomic mass is 9.88. The number of carboxylic acids is 2. The first-order valence-corrected chi connectivity index (χ1v) is 40.4. The molecular weight excluding hydrogens is 1520 g/mol. The maximum Gasteiger partial charge on any atom is 0.312 e. The van der Waals surface area contributed by atoms with Crippen LogP contribution in [0.2, 0.25) is 0 Å². The summed E-state index contributed by atoms with van der Waals surface area (Å²) < 4.78 is 1.36. The molecule has 114 heavy (non-hydrogen) atoms. The topological polar surface area (TPSA) is 618 Å². The number of para-hydroxylation sites is 1. The number of aromatic nitrogens is 4. The van der Waals surface area contributed by atoms with E-state index in [9.17, 15) is 73.2 Å². The third kappa shape index (κ3) is 28.5. The highest BCUT2D eigenvalue weighted by molar-refractivity contribution is 8.76. The van der Waals surface area contributed by atoms with Crippen molar-refractivity contribution in [3.05, 3.63) is 77.7 Å². The van der Waals surface area contributed by atoms with Crippen molar-refractivity contribution in [3.8, 4) is 5.75 Å². The molecule has 3 aliphatic heterocycles. The molecule has 37 nitrogen and oxygen atoms in total. The molecular formula is C75H103N17O20S2. The molecule has 0 aliphatic carbocycles. The van der Waals surface area contributed by atoms with Crippen LogP contribution in [0.25, 0.3) is 10.9 Å². The molecule has 2 fully saturated rings. The van der Waals surface area contributed by atoms with Gasteiger partial charge in [-0.05, 0) is 113 Å². The van der Waals surface area contributed by atoms with E-state index in [0.717, 1.165) is 33.4 Å². The summed E-state index contributed by atoms with van der Waals surface area (Å²) in [6.45, 7) is 0.205. The minimum Gasteiger partial charge on any atom is -0.508 e. The second-order valence-corrected chi connectivity index (χ2v) is 31.7. The SMILES string of the molecule is C[C@@H](O)[C@@H]1NC(=O)[C@@H]2CCc3cn(nn3)CCC[C@@H](C(=O)C[C@@H](Cc3ccc(O)cc3)C(=O)O)NC(=O)[C@H](CCC(N)=O)CC(=O)[C@H](Cc3c[nH]c4ccccc34)NC(=O)[C@H](CCCNC(N)=O)CC(=O)[C@H](CSSC[C@H](NC(=O)CN)C(=O)C2)NC(=O)[C@H](CCCN=C(N)N)CC(=O)[C@@H]2CCCN2C(=O)[C@H](CC(=O)O)CC1=O. The number of amides is 9. The van der Waals surface area contributed by atoms with E-state index in [1.807, 2.05) is 0 Å². The number of primary amides is 2. The number of aliphatic hydroxyl groups is 1. The number of nitrogens with zero attached hydrogens (tertiary/aromatic N) is 5. The quantitative estimate of drug-likeness (QED) is 0.0184. The molecule has 620 valence electrons. The summed E-state index contributed by atoms with van der Waals surface area (Å²) >= 11 is 0. The molecule has 39 heteroatoms. The number of aliphatic carboxylic acids is 2. The third-order valence-corrected chi connectivity index (χ3v) is 22.8. The van der Waals surface area contributed by atoms with Gasteiger partial charge in [0.2, 0.25) is 41.4 Å². The molecule has 4 aromatic rings. The van der Waals surface area contributed by atoms with Gasteiger partial charge in [-0.3, -0.25) is 81.6 Å². The van der Waals surface area contributed by atoms with E-state index in [2.05, 4.69) is 52.2 Å². The van der Waals surface area contributed by atoms with Gasteiger partial charge in [-0.2, -0.15) is 0 Å². The number of benzene rings is 2. The number of hydrogen-bond acceptors (Lipinski definition) is 24. The van der Waals surface area contributed by atoms with E-state index >= 15 is 24.0 Å². The van der Waals surface area contributed by atoms with Crippen molar-refractivity contribution in [2.45, 2.75) is 191 Å². The van der Waals surface area contributed by atoms with E-state index < -0.39 is 230 Å². The Hall–Kier alpha value is -10.7. The highest BCUT2D eigenvalue weighted by Gasteiger charge is 2.43. The van der Waals surface area contributed by atoms with Gasteiger partial charge in [-0.15, -0.1) is 5.10 Å². The summed E-state index contributed by atoms with van der Waals surface area (Å²) in [4.78, 5) is 237. The van der Waals surface area contributed by atoms with Crippen molar-refractivity contribution in [3.63, 3.8) is 0 Å². The number of H-pyrrole nitrogens is 1. The Kier molecular flexibility index (Phi) is 35.5. The third-order valence-electron chi connectivity index (χ3n) is 20.4. The number of carboxylic acid groups (broad SMARTS) is 2. The van der Waals surface area contributed by atoms with Crippen LogP contribution in [0.1, 0.15) is 139 Å². The second kappa shape index (κ2) is 44.7. The maximum atomic E-state index is 15.5. The van der Waals surface area contributed by atoms with Crippen LogP contribution in [0.3, 0.4) is 0 Å². The minimum absolute atomic E-state index is 0.00661. The van der Waals surface area contributed by atoms with E-state index in [0.29, 0.717) is 22.0 Å². The summed E-state index contributed by atoms with van der Waals surface area (Å²) in [7, 11) is 1.85. The number of aromatic amines is 1. The Bertz CT molecular complexity index is 4150. The largest absolute Gasteiger partial charge is 0.508 e. The summed E-state index contributed by atoms with van der Waals surface area (Å²) in [6.07, 6.45) is -5.85. The zero-order valence-corrected chi connectivity index (χ0v) is 65.0. The average Bonchev–Trinajstić information content (AvgIpc) is 1.60. The molecule has 0 unspecified atom stereocenters. The number of Topliss-reactive ketones (excluding diaryl/α,β-unsaturated/α-hetero) is 6. The van der Waals surface area contributed by atoms with Crippen LogP contribution in [0.15, 0.2) is 65.9 Å². The average molecular weight is 1630 g/mol. The van der Waals surface area contributed by atoms with Crippen LogP contribution in [-0.4, -0.2) is 225 Å². The predicted octanol–water partition coefficient (Wildman–Crippen LogP) is -0.394. The molecule has 2 aromatic carbocycles. The van der Waals surface area contributed by atoms with Gasteiger partial charge in [-0.1, -0.05) is 57.1 Å². The van der Waals surface area contributed by atoms with Gasteiger partial charge in [0.25, 0.3) is 0 Å². The van der Waals surface area contributed by atoms with E-state index in [1.54, 1.807) is 30.5 Å². The highest BCUT2D eigenvalue weighted by Crippen LogP contribution is 2.32. The van der Waals surface area contributed by atoms with Crippen LogP contribution in [0.4, 0.5) is 4.79 Å². The molecule has 0 spiro atoms. The van der Waals surface area contributed by atoms with Gasteiger partial charge < -0.3 is 90.9 Å². The van der Waals surface area contributed by atoms with Crippen molar-refractivity contribution in [1.29, 1.82) is 0 Å². The first-order valence-electron chi connectivity index (χ1n) is 37.9. The van der Waals surface area contributed by atoms with Gasteiger partial charge in [0.1, 0.15) is 11.8 Å². The van der Waals surface area contributed by atoms with Crippen molar-refractivity contribution in [2.24, 2.45) is 69.2 Å². The first-order chi connectivity index (χ1) is 54.3. The number of aromatic hydroxyl groups is 1. The number of hydrogen-bond donors (Lipinski definition) is 16. The Balaban J connectivity index is 1.39. The number of aliphatic imine (C=N–C) groups is 1. The number of aliphatic hydroxyl groups excluding tert-OH is 1. The number of nitrogens with one attached hydrogen (secondary N) is 7. The standard InChI is InChI=1S/C75H103N17O20S2/c1-40(93)67-63(100)32-46(34-66(103)104)72(109)92-25-7-13-57(92)62(99)31-43(8-4-22-81-74(78)79)69(106)87-56-39-114-113-38-55(84-65(102)35-76)60(97)30-44(71(108)88-67)16-18-49-37-91(90-89-49)24-6-12-53(58(95)33-47(73(110)111)26-41-14-19-50(94)20-15-41)85-70(107)45(17-21-64(77)101)29-59(96)54(27-48-36-83-52-11-3-2-10-51(48)52)86-68(105)42(28-61(56)98)9-5-23-82-75(80)112/h2-3,10-11,14-15,19-20,36-37,40,42-47,53-57,67,83,93-94H,4-9,12-13,16-18,21-35,38-39,76H2,1H3,(H2,77,101)(H,84,102)(H,85,107)(H,86,105)(H,87,106)(H,88,108)(H,103,104)(H,110,111)(H4,78,79,81)(H3,80,82,112)/t40-,42-,43-,44-,45-,46+,47-,53+,54+,55+,56+,57+,67+/m1/s1. The van der Waals surface area contributed by atoms with Crippen LogP contribution in [0.5, 0.6) is 5.75 Å². The van der Waals surface area contributed by atoms with Gasteiger partial charge in [0, 0.05) is 136 Å². The molecule has 21 N–H and O–H groups in total. The fourth-order valence-electron chi connectivity index (χ4n) is 14.2. The number of phenolic OH excluding ortho intramolecular Hbond substituents is 1. The summed E-state index contributed by atoms with van der Waals surface area (Å²) in [5.74, 6) is -23.9. The van der Waals surface area contributed by atoms with E-state index in [-0.39, 0.29) is 139 Å². The van der Waals surface area contributed by atoms with Crippen molar-refractivity contribution in [1.82, 2.24) is 56.8 Å². The molecule has 2 saturated heterocycles. The van der Waals surface area contributed by atoms with Crippen LogP contribution < -0.4 is 60.6 Å². The molecule has 4 bridgehead atoms. The summed E-state index contributed by atoms with van der Waals surface area (Å²) in [6, 6.07) is 2.48. The molecule has 9 amide bonds. The molecule has 2 aromatic heterocycles. The molecule has 5 heterocycles. The second-order valence-electron chi connectivity index (χ2n) is 29.1. The number of aryl methyl sites for hydroxylation is 2. The Morgan fingerprint density at radius 3 is 2.05 bits per heavy atom. The lowest BCUT2D eigenvalue weighted by Crippen LogP contribution is -2.52. The zero-order valence-electron chi connectivity index (χ0n) is 63.3. The number of urea groups is 1. The van der Waals surface area contributed by atoms with Gasteiger partial charge in [-0.25, -0.2) is 4.79 Å². The predicted molar refractivity (Wildman–Crippen MR) is 415 cm³/mol. The van der Waals surface area contributed by atoms with E-state index in [1.165, 1.54) is 35.1 Å². The van der Waals surface area contributed by atoms with Gasteiger partial charge >= 0.3 is 18.0 Å². The number of guanidine groups is 1. The van der Waals surface area contributed by atoms with Crippen LogP contribution in [-0.2, 0) is 97.7 Å². The van der Waals surface area contributed by atoms with Crippen LogP contribution >= 0.6 is 21.6 Å². The maximum absolute atomic E-state index is 15.5. The van der Waals surface area contributed by atoms with Gasteiger partial charge in [0.05, 0.1) is 66.8 Å². The Labute approximate surface area is 664 Å². The lowest BCUT2D eigenvalue weighted by Gasteiger charge is -2.30. The number of ketones is 6. The summed E-state index contributed by atoms with van der Waals surface area (Å²) in [5.41, 5.74) is 30.0. The van der Waals surface area contributed by atoms with Crippen molar-refractivity contribution in [2.75, 3.05) is 37.7 Å². The number of nitrogens with two attached hydrogens (primary N) is 5. The van der Waals surface area contributed by atoms with E-state index in [4.69, 9.17) is 28.7 Å². The molecule has 3 aliphatic rings. The zero-order chi connectivity index (χ0) is 83.3. The minimum atomic E-state index is -1.84. The van der Waals surface area contributed by atoms with Crippen molar-refractivity contribution >= 4 is 132 Å². The first kappa shape index (κ1) is 90.5. The number of carbonyl (C=O) groups is 16. The fraction of sp³-hybridized carbons (Fsp3) is 0.560. The number of phenols is 1. The number of carbonyl (C=O) groups excluding carboxylic acids is 14. The molecule has 0 radical (unpaired) electrons. The van der Waals surface area contributed by atoms with Crippen LogP contribution in [0, 0.1) is 35.5 Å². The number of fused-ring (bicyclic) bond motifs is 12. The van der Waals surface area contributed by atoms with Gasteiger partial charge in [0.15, 0.2) is 40.7 Å². The van der Waals surface area contributed by atoms with Crippen molar-refractivity contribution < 1.29 is 97.1 Å². The molecule has 13 atom stereocenters. The number of rotatable bonds is 24. The monoisotopic (exact) mass is 1630 g/mol. The highest BCUT2D eigenvalue weighted by atomic mass is 33.1. The summed E-state index contributed by atoms with van der Waals surface area (Å²) in [5, 5.41) is 66.9. The molecule has 7 rings (SSSR count). The fourth-order valence-corrected chi connectivity index (χ4v) is 16.6. The Morgan fingerprint density at radius 2 is 1.37 bits per heavy atom. The molecule has 0 saturated carbocycles. The lowest BCUT2D eigenvalue weighted by molar-refractivity contribution is -0.148. The normalized spacial score (nSPS) is 24.2. The Morgan fingerprint density at radius 1 is 0.711 bits per heavy atom.